The number of methoxy groups -OCH3 is 2. The quantitative estimate of drug-likeness (QED) is 0.441. The van der Waals surface area contributed by atoms with Crippen LogP contribution >= 0.6 is 0 Å². The number of rotatable bonds is 4. The lowest BCUT2D eigenvalue weighted by molar-refractivity contribution is -0.168. The van der Waals surface area contributed by atoms with Crippen LogP contribution in [-0.2, 0) is 19.1 Å². The minimum absolute atomic E-state index is 0.0373. The van der Waals surface area contributed by atoms with Gasteiger partial charge in [-0.1, -0.05) is 13.8 Å². The van der Waals surface area contributed by atoms with Gasteiger partial charge in [0.15, 0.2) is 5.41 Å². The van der Waals surface area contributed by atoms with Crippen molar-refractivity contribution in [2.45, 2.75) is 33.6 Å². The van der Waals surface area contributed by atoms with Crippen LogP contribution in [0.4, 0.5) is 0 Å². The standard InChI is InChI=1S/C15H20O4/c1-6-7-10-15(13(16)18-4,14(17)19-5)11-8-9-12(2)3/h12H,10-11H2,1-5H3. The lowest BCUT2D eigenvalue weighted by Crippen LogP contribution is -2.40. The molecule has 4 nitrogen and oxygen atoms in total. The molecule has 4 heteroatoms. The fraction of sp³-hybridized carbons (Fsp3) is 0.600. The lowest BCUT2D eigenvalue weighted by Gasteiger charge is -2.24. The molecule has 0 heterocycles. The first-order valence-corrected chi connectivity index (χ1v) is 5.99. The van der Waals surface area contributed by atoms with Gasteiger partial charge in [-0.15, -0.1) is 23.7 Å². The Labute approximate surface area is 114 Å². The molecule has 0 saturated carbocycles. The van der Waals surface area contributed by atoms with E-state index in [1.807, 2.05) is 13.8 Å². The summed E-state index contributed by atoms with van der Waals surface area (Å²) >= 11 is 0. The number of hydrogen-bond donors (Lipinski definition) is 0. The summed E-state index contributed by atoms with van der Waals surface area (Å²) in [5.41, 5.74) is -1.46. The highest BCUT2D eigenvalue weighted by Crippen LogP contribution is 2.29. The molecule has 0 N–H and O–H groups in total. The number of esters is 2. The number of ether oxygens (including phenoxy) is 2. The molecular weight excluding hydrogens is 244 g/mol. The zero-order valence-corrected chi connectivity index (χ0v) is 12.1. The van der Waals surface area contributed by atoms with Gasteiger partial charge in [0.2, 0.25) is 0 Å². The molecule has 0 fully saturated rings. The average Bonchev–Trinajstić information content (AvgIpc) is 2.40. The zero-order valence-electron chi connectivity index (χ0n) is 12.1. The van der Waals surface area contributed by atoms with Gasteiger partial charge in [0.25, 0.3) is 0 Å². The van der Waals surface area contributed by atoms with Crippen LogP contribution in [0.3, 0.4) is 0 Å². The largest absolute Gasteiger partial charge is 0.468 e. The van der Waals surface area contributed by atoms with Crippen molar-refractivity contribution in [3.63, 3.8) is 0 Å². The van der Waals surface area contributed by atoms with E-state index < -0.39 is 17.4 Å². The third-order valence-corrected chi connectivity index (χ3v) is 2.50. The van der Waals surface area contributed by atoms with Gasteiger partial charge in [-0.2, -0.15) is 0 Å². The smallest absolute Gasteiger partial charge is 0.325 e. The molecule has 0 aromatic carbocycles. The maximum atomic E-state index is 12.0. The highest BCUT2D eigenvalue weighted by molar-refractivity contribution is 6.00. The molecule has 0 bridgehead atoms. The molecule has 0 aromatic heterocycles. The Balaban J connectivity index is 5.47. The Bertz CT molecular complexity index is 424. The van der Waals surface area contributed by atoms with Gasteiger partial charge >= 0.3 is 11.9 Å². The minimum atomic E-state index is -1.46. The fourth-order valence-corrected chi connectivity index (χ4v) is 1.47. The van der Waals surface area contributed by atoms with Gasteiger partial charge < -0.3 is 9.47 Å². The predicted octanol–water partition coefficient (Wildman–Crippen LogP) is 1.78. The van der Waals surface area contributed by atoms with Crippen LogP contribution in [0.15, 0.2) is 0 Å². The van der Waals surface area contributed by atoms with Gasteiger partial charge in [0.1, 0.15) is 0 Å². The van der Waals surface area contributed by atoms with E-state index in [9.17, 15) is 9.59 Å². The van der Waals surface area contributed by atoms with Crippen molar-refractivity contribution >= 4 is 11.9 Å². The fourth-order valence-electron chi connectivity index (χ4n) is 1.47. The monoisotopic (exact) mass is 264 g/mol. The molecular formula is C15H20O4. The first-order valence-electron chi connectivity index (χ1n) is 5.99. The summed E-state index contributed by atoms with van der Waals surface area (Å²) in [7, 11) is 2.46. The molecule has 0 saturated heterocycles. The number of carbonyl (C=O) groups excluding carboxylic acids is 2. The highest BCUT2D eigenvalue weighted by Gasteiger charge is 2.47. The minimum Gasteiger partial charge on any atom is -0.468 e. The third kappa shape index (κ3) is 4.67. The maximum absolute atomic E-state index is 12.0. The van der Waals surface area contributed by atoms with E-state index in [2.05, 4.69) is 23.7 Å². The molecule has 0 aliphatic rings. The summed E-state index contributed by atoms with van der Waals surface area (Å²) < 4.78 is 9.44. The van der Waals surface area contributed by atoms with E-state index in [0.29, 0.717) is 0 Å². The molecule has 0 spiro atoms. The molecule has 19 heavy (non-hydrogen) atoms. The second-order valence-electron chi connectivity index (χ2n) is 4.32. The molecule has 0 rings (SSSR count). The van der Waals surface area contributed by atoms with Gasteiger partial charge in [0.05, 0.1) is 14.2 Å². The Kier molecular flexibility index (Phi) is 7.37. The van der Waals surface area contributed by atoms with Crippen molar-refractivity contribution in [3.8, 4) is 23.7 Å². The Hall–Kier alpha value is -1.94. The maximum Gasteiger partial charge on any atom is 0.325 e. The van der Waals surface area contributed by atoms with Gasteiger partial charge in [-0.05, 0) is 6.92 Å². The summed E-state index contributed by atoms with van der Waals surface area (Å²) in [6.45, 7) is 5.49. The first-order chi connectivity index (χ1) is 8.94. The van der Waals surface area contributed by atoms with Crippen LogP contribution in [0.1, 0.15) is 33.6 Å². The third-order valence-electron chi connectivity index (χ3n) is 2.50. The van der Waals surface area contributed by atoms with Gasteiger partial charge in [-0.3, -0.25) is 9.59 Å². The molecule has 0 aliphatic heterocycles. The average molecular weight is 264 g/mol. The van der Waals surface area contributed by atoms with E-state index >= 15 is 0 Å². The van der Waals surface area contributed by atoms with E-state index in [0.717, 1.165) is 0 Å². The van der Waals surface area contributed by atoms with E-state index in [1.165, 1.54) is 14.2 Å². The molecule has 104 valence electrons. The van der Waals surface area contributed by atoms with Crippen molar-refractivity contribution < 1.29 is 19.1 Å². The normalized spacial score (nSPS) is 9.79. The summed E-state index contributed by atoms with van der Waals surface area (Å²) in [6.07, 6.45) is 0.0782. The number of hydrogen-bond acceptors (Lipinski definition) is 4. The molecule has 0 unspecified atom stereocenters. The zero-order chi connectivity index (χ0) is 14.9. The Morgan fingerprint density at radius 1 is 1.05 bits per heavy atom. The van der Waals surface area contributed by atoms with Crippen LogP contribution in [0.25, 0.3) is 0 Å². The Morgan fingerprint density at radius 2 is 1.53 bits per heavy atom. The van der Waals surface area contributed by atoms with Crippen LogP contribution in [-0.4, -0.2) is 26.2 Å². The van der Waals surface area contributed by atoms with E-state index in [4.69, 9.17) is 9.47 Å². The predicted molar refractivity (Wildman–Crippen MR) is 71.8 cm³/mol. The molecule has 0 radical (unpaired) electrons. The summed E-state index contributed by atoms with van der Waals surface area (Å²) in [6, 6.07) is 0. The van der Waals surface area contributed by atoms with Crippen molar-refractivity contribution in [2.24, 2.45) is 11.3 Å². The van der Waals surface area contributed by atoms with Crippen LogP contribution in [0, 0.1) is 35.0 Å². The number of carbonyl (C=O) groups is 2. The second-order valence-corrected chi connectivity index (χ2v) is 4.32. The van der Waals surface area contributed by atoms with Crippen molar-refractivity contribution in [3.05, 3.63) is 0 Å². The van der Waals surface area contributed by atoms with Crippen LogP contribution in [0.2, 0.25) is 0 Å². The Morgan fingerprint density at radius 3 is 1.89 bits per heavy atom. The van der Waals surface area contributed by atoms with Gasteiger partial charge in [-0.25, -0.2) is 0 Å². The van der Waals surface area contributed by atoms with Crippen molar-refractivity contribution in [1.29, 1.82) is 0 Å². The van der Waals surface area contributed by atoms with E-state index in [-0.39, 0.29) is 18.8 Å². The topological polar surface area (TPSA) is 52.6 Å². The summed E-state index contributed by atoms with van der Waals surface area (Å²) in [5, 5.41) is 0. The van der Waals surface area contributed by atoms with E-state index in [1.54, 1.807) is 6.92 Å². The molecule has 0 amide bonds. The van der Waals surface area contributed by atoms with Crippen LogP contribution in [0.5, 0.6) is 0 Å². The lowest BCUT2D eigenvalue weighted by atomic mass is 9.81. The van der Waals surface area contributed by atoms with Crippen LogP contribution < -0.4 is 0 Å². The van der Waals surface area contributed by atoms with Crippen molar-refractivity contribution in [1.82, 2.24) is 0 Å². The highest BCUT2D eigenvalue weighted by atomic mass is 16.5. The van der Waals surface area contributed by atoms with Gasteiger partial charge in [0, 0.05) is 18.8 Å². The molecule has 0 aliphatic carbocycles. The first kappa shape index (κ1) is 17.1. The summed E-state index contributed by atoms with van der Waals surface area (Å²) in [5.74, 6) is 10.00. The summed E-state index contributed by atoms with van der Waals surface area (Å²) in [4.78, 5) is 23.9. The molecule has 0 atom stereocenters. The van der Waals surface area contributed by atoms with Crippen molar-refractivity contribution in [2.75, 3.05) is 14.2 Å². The second kappa shape index (κ2) is 8.21. The molecule has 0 aromatic rings. The SMILES string of the molecule is CC#CCC(CC#CC(C)C)(C(=O)OC)C(=O)OC.